The summed E-state index contributed by atoms with van der Waals surface area (Å²) >= 11 is 0. The van der Waals surface area contributed by atoms with Crippen LogP contribution < -0.4 is 0 Å². The minimum absolute atomic E-state index is 0.00418. The number of hydrogen-bond donors (Lipinski definition) is 1. The molecule has 0 aliphatic rings. The van der Waals surface area contributed by atoms with Crippen LogP contribution in [0.1, 0.15) is 43.6 Å². The summed E-state index contributed by atoms with van der Waals surface area (Å²) in [5.74, 6) is -0.284. The van der Waals surface area contributed by atoms with Gasteiger partial charge in [0, 0.05) is 17.0 Å². The zero-order valence-electron chi connectivity index (χ0n) is 12.4. The van der Waals surface area contributed by atoms with Crippen molar-refractivity contribution in [2.24, 2.45) is 0 Å². The van der Waals surface area contributed by atoms with Gasteiger partial charge in [-0.3, -0.25) is 9.78 Å². The van der Waals surface area contributed by atoms with Gasteiger partial charge in [0.05, 0.1) is 12.5 Å². The average molecular weight is 289 g/mol. The molecule has 0 spiro atoms. The highest BCUT2D eigenvalue weighted by Crippen LogP contribution is 2.25. The molecule has 2 heterocycles. The number of carboxylic acid groups (broad SMARTS) is 1. The molecule has 2 aromatic heterocycles. The van der Waals surface area contributed by atoms with E-state index in [0.29, 0.717) is 12.2 Å². The zero-order valence-corrected chi connectivity index (χ0v) is 12.4. The summed E-state index contributed by atoms with van der Waals surface area (Å²) in [6.07, 6.45) is 1.58. The van der Waals surface area contributed by atoms with Crippen molar-refractivity contribution in [3.8, 4) is 11.4 Å². The van der Waals surface area contributed by atoms with Crippen molar-refractivity contribution >= 4 is 5.97 Å². The SMILES string of the molecule is CCCC(CC(=O)O)n1nnnc1-c1ccc(C)nc1C. The molecule has 0 aromatic carbocycles. The van der Waals surface area contributed by atoms with Crippen LogP contribution in [0, 0.1) is 13.8 Å². The highest BCUT2D eigenvalue weighted by atomic mass is 16.4. The fourth-order valence-corrected chi connectivity index (χ4v) is 2.39. The Labute approximate surface area is 123 Å². The summed E-state index contributed by atoms with van der Waals surface area (Å²) in [7, 11) is 0. The lowest BCUT2D eigenvalue weighted by Crippen LogP contribution is -2.16. The monoisotopic (exact) mass is 289 g/mol. The third-order valence-corrected chi connectivity index (χ3v) is 3.34. The lowest BCUT2D eigenvalue weighted by atomic mass is 10.1. The van der Waals surface area contributed by atoms with E-state index in [0.717, 1.165) is 23.4 Å². The molecular weight excluding hydrogens is 270 g/mol. The van der Waals surface area contributed by atoms with Crippen LogP contribution in [-0.2, 0) is 4.79 Å². The number of carboxylic acids is 1. The molecule has 0 aliphatic heterocycles. The maximum absolute atomic E-state index is 11.0. The standard InChI is InChI=1S/C14H19N5O2/c1-4-5-11(8-13(20)21)19-14(16-17-18-19)12-7-6-9(2)15-10(12)3/h6-7,11H,4-5,8H2,1-3H3,(H,20,21). The van der Waals surface area contributed by atoms with Crippen molar-refractivity contribution in [1.82, 2.24) is 25.2 Å². The molecular formula is C14H19N5O2. The van der Waals surface area contributed by atoms with E-state index in [1.165, 1.54) is 0 Å². The van der Waals surface area contributed by atoms with E-state index in [2.05, 4.69) is 20.5 Å². The van der Waals surface area contributed by atoms with Crippen LogP contribution in [0.25, 0.3) is 11.4 Å². The summed E-state index contributed by atoms with van der Waals surface area (Å²) in [5.41, 5.74) is 2.58. The second-order valence-electron chi connectivity index (χ2n) is 5.07. The molecule has 7 nitrogen and oxygen atoms in total. The summed E-state index contributed by atoms with van der Waals surface area (Å²) < 4.78 is 1.61. The van der Waals surface area contributed by atoms with E-state index in [1.807, 2.05) is 32.9 Å². The molecule has 1 unspecified atom stereocenters. The fraction of sp³-hybridized carbons (Fsp3) is 0.500. The largest absolute Gasteiger partial charge is 0.481 e. The smallest absolute Gasteiger partial charge is 0.305 e. The number of nitrogens with zero attached hydrogens (tertiary/aromatic N) is 5. The Morgan fingerprint density at radius 3 is 2.76 bits per heavy atom. The molecule has 0 amide bonds. The molecule has 0 radical (unpaired) electrons. The van der Waals surface area contributed by atoms with Gasteiger partial charge in [0.25, 0.3) is 0 Å². The normalized spacial score (nSPS) is 12.3. The first-order valence-electron chi connectivity index (χ1n) is 6.97. The number of tetrazole rings is 1. The second-order valence-corrected chi connectivity index (χ2v) is 5.07. The van der Waals surface area contributed by atoms with Gasteiger partial charge in [-0.2, -0.15) is 0 Å². The van der Waals surface area contributed by atoms with Crippen LogP contribution in [0.3, 0.4) is 0 Å². The van der Waals surface area contributed by atoms with Gasteiger partial charge in [-0.05, 0) is 42.8 Å². The van der Waals surface area contributed by atoms with Gasteiger partial charge >= 0.3 is 5.97 Å². The number of hydrogen-bond acceptors (Lipinski definition) is 5. The van der Waals surface area contributed by atoms with E-state index in [9.17, 15) is 4.79 Å². The average Bonchev–Trinajstić information content (AvgIpc) is 2.86. The molecule has 0 aliphatic carbocycles. The molecule has 0 saturated heterocycles. The van der Waals surface area contributed by atoms with Crippen LogP contribution in [0.2, 0.25) is 0 Å². The van der Waals surface area contributed by atoms with Gasteiger partial charge in [0.2, 0.25) is 0 Å². The van der Waals surface area contributed by atoms with Crippen LogP contribution in [0.5, 0.6) is 0 Å². The maximum Gasteiger partial charge on any atom is 0.305 e. The molecule has 0 fully saturated rings. The van der Waals surface area contributed by atoms with Gasteiger partial charge in [-0.15, -0.1) is 5.10 Å². The molecule has 0 bridgehead atoms. The maximum atomic E-state index is 11.0. The quantitative estimate of drug-likeness (QED) is 0.875. The first-order chi connectivity index (χ1) is 10.0. The number of aromatic nitrogens is 5. The predicted molar refractivity (Wildman–Crippen MR) is 76.7 cm³/mol. The van der Waals surface area contributed by atoms with Crippen molar-refractivity contribution < 1.29 is 9.90 Å². The van der Waals surface area contributed by atoms with Crippen molar-refractivity contribution in [2.45, 2.75) is 46.1 Å². The Kier molecular flexibility index (Phi) is 4.62. The molecule has 7 heteroatoms. The van der Waals surface area contributed by atoms with Crippen LogP contribution in [0.15, 0.2) is 12.1 Å². The Bertz CT molecular complexity index is 638. The van der Waals surface area contributed by atoms with Crippen LogP contribution >= 0.6 is 0 Å². The number of aliphatic carboxylic acids is 1. The van der Waals surface area contributed by atoms with Crippen LogP contribution in [0.4, 0.5) is 0 Å². The topological polar surface area (TPSA) is 93.8 Å². The van der Waals surface area contributed by atoms with E-state index in [-0.39, 0.29) is 12.5 Å². The molecule has 0 saturated carbocycles. The second kappa shape index (κ2) is 6.43. The summed E-state index contributed by atoms with van der Waals surface area (Å²) in [4.78, 5) is 15.5. The minimum Gasteiger partial charge on any atom is -0.481 e. The molecule has 21 heavy (non-hydrogen) atoms. The molecule has 2 aromatic rings. The molecule has 1 atom stereocenters. The highest BCUT2D eigenvalue weighted by molar-refractivity contribution is 5.67. The Morgan fingerprint density at radius 1 is 1.38 bits per heavy atom. The van der Waals surface area contributed by atoms with Crippen molar-refractivity contribution in [1.29, 1.82) is 0 Å². The molecule has 112 valence electrons. The number of pyridine rings is 1. The van der Waals surface area contributed by atoms with Crippen molar-refractivity contribution in [3.63, 3.8) is 0 Å². The third-order valence-electron chi connectivity index (χ3n) is 3.34. The number of rotatable bonds is 6. The first kappa shape index (κ1) is 15.1. The van der Waals surface area contributed by atoms with E-state index >= 15 is 0 Å². The number of carbonyl (C=O) groups is 1. The van der Waals surface area contributed by atoms with Gasteiger partial charge < -0.3 is 5.11 Å². The van der Waals surface area contributed by atoms with Gasteiger partial charge in [0.15, 0.2) is 5.82 Å². The first-order valence-corrected chi connectivity index (χ1v) is 6.97. The minimum atomic E-state index is -0.853. The van der Waals surface area contributed by atoms with Crippen molar-refractivity contribution in [3.05, 3.63) is 23.5 Å². The van der Waals surface area contributed by atoms with E-state index in [1.54, 1.807) is 4.68 Å². The molecule has 2 rings (SSSR count). The fourth-order valence-electron chi connectivity index (χ4n) is 2.39. The van der Waals surface area contributed by atoms with E-state index in [4.69, 9.17) is 5.11 Å². The Balaban J connectivity index is 2.42. The van der Waals surface area contributed by atoms with Gasteiger partial charge in [-0.25, -0.2) is 4.68 Å². The Morgan fingerprint density at radius 2 is 2.14 bits per heavy atom. The van der Waals surface area contributed by atoms with Crippen LogP contribution in [-0.4, -0.2) is 36.3 Å². The summed E-state index contributed by atoms with van der Waals surface area (Å²) in [5, 5.41) is 20.8. The third kappa shape index (κ3) is 3.42. The molecule has 1 N–H and O–H groups in total. The zero-order chi connectivity index (χ0) is 15.4. The lowest BCUT2D eigenvalue weighted by molar-refractivity contribution is -0.138. The van der Waals surface area contributed by atoms with Gasteiger partial charge in [0.1, 0.15) is 0 Å². The Hall–Kier alpha value is -2.31. The lowest BCUT2D eigenvalue weighted by Gasteiger charge is -2.16. The van der Waals surface area contributed by atoms with E-state index < -0.39 is 5.97 Å². The number of aryl methyl sites for hydroxylation is 2. The van der Waals surface area contributed by atoms with Crippen molar-refractivity contribution in [2.75, 3.05) is 0 Å². The summed E-state index contributed by atoms with van der Waals surface area (Å²) in [6, 6.07) is 3.56. The van der Waals surface area contributed by atoms with Gasteiger partial charge in [-0.1, -0.05) is 13.3 Å². The predicted octanol–water partition coefficient (Wildman–Crippen LogP) is 2.17. The summed E-state index contributed by atoms with van der Waals surface area (Å²) in [6.45, 7) is 5.83. The highest BCUT2D eigenvalue weighted by Gasteiger charge is 2.21.